The summed E-state index contributed by atoms with van der Waals surface area (Å²) in [6.45, 7) is 5.60. The Morgan fingerprint density at radius 2 is 2.04 bits per heavy atom. The second-order valence-electron chi connectivity index (χ2n) is 6.85. The largest absolute Gasteiger partial charge is 0.487 e. The molecule has 0 saturated carbocycles. The minimum atomic E-state index is -0.417. The first-order chi connectivity index (χ1) is 11.2. The van der Waals surface area contributed by atoms with Gasteiger partial charge in [-0.2, -0.15) is 0 Å². The fourth-order valence-electron chi connectivity index (χ4n) is 2.98. The summed E-state index contributed by atoms with van der Waals surface area (Å²) in [6, 6.07) is 9.64. The Hall–Kier alpha value is -2.56. The number of hydrogen-bond donors (Lipinski definition) is 2. The van der Waals surface area contributed by atoms with E-state index < -0.39 is 5.60 Å². The van der Waals surface area contributed by atoms with E-state index in [1.54, 1.807) is 25.1 Å². The fourth-order valence-corrected chi connectivity index (χ4v) is 2.98. The van der Waals surface area contributed by atoms with Crippen molar-refractivity contribution in [2.45, 2.75) is 38.8 Å². The van der Waals surface area contributed by atoms with Crippen LogP contribution in [-0.4, -0.2) is 11.5 Å². The number of hydrogen-bond acceptors (Lipinski definition) is 3. The van der Waals surface area contributed by atoms with Crippen LogP contribution in [-0.2, 0) is 0 Å². The summed E-state index contributed by atoms with van der Waals surface area (Å²) in [4.78, 5) is 12.5. The zero-order valence-corrected chi connectivity index (χ0v) is 14.0. The molecular weight excluding hydrogens is 307 g/mol. The van der Waals surface area contributed by atoms with E-state index in [-0.39, 0.29) is 17.8 Å². The van der Waals surface area contributed by atoms with E-state index in [9.17, 15) is 9.18 Å². The molecule has 0 aliphatic carbocycles. The lowest BCUT2D eigenvalue weighted by Gasteiger charge is -2.38. The minimum absolute atomic E-state index is 0.246. The van der Waals surface area contributed by atoms with Crippen molar-refractivity contribution < 1.29 is 13.9 Å². The number of aryl methyl sites for hydroxylation is 1. The molecule has 3 N–H and O–H groups in total. The van der Waals surface area contributed by atoms with Gasteiger partial charge in [0.15, 0.2) is 0 Å². The monoisotopic (exact) mass is 328 g/mol. The second kappa shape index (κ2) is 5.82. The number of ether oxygens (including phenoxy) is 1. The quantitative estimate of drug-likeness (QED) is 0.825. The first kappa shape index (κ1) is 16.3. The molecule has 2 aromatic rings. The molecule has 5 heteroatoms. The van der Waals surface area contributed by atoms with E-state index in [2.05, 4.69) is 5.32 Å². The molecule has 2 aromatic carbocycles. The third-order valence-corrected chi connectivity index (χ3v) is 4.23. The van der Waals surface area contributed by atoms with Crippen LogP contribution < -0.4 is 15.8 Å². The first-order valence-corrected chi connectivity index (χ1v) is 7.91. The average molecular weight is 328 g/mol. The molecule has 1 amide bonds. The van der Waals surface area contributed by atoms with E-state index in [1.165, 1.54) is 6.07 Å². The lowest BCUT2D eigenvalue weighted by atomic mass is 9.89. The van der Waals surface area contributed by atoms with Crippen molar-refractivity contribution in [1.82, 2.24) is 5.32 Å². The van der Waals surface area contributed by atoms with Gasteiger partial charge in [-0.25, -0.2) is 4.39 Å². The number of carbonyl (C=O) groups is 1. The molecule has 0 saturated heterocycles. The van der Waals surface area contributed by atoms with Crippen LogP contribution in [0.2, 0.25) is 0 Å². The number of rotatable bonds is 2. The van der Waals surface area contributed by atoms with E-state index in [0.29, 0.717) is 29.0 Å². The van der Waals surface area contributed by atoms with Gasteiger partial charge in [0.1, 0.15) is 17.2 Å². The highest BCUT2D eigenvalue weighted by Gasteiger charge is 2.34. The highest BCUT2D eigenvalue weighted by atomic mass is 19.1. The number of anilines is 1. The van der Waals surface area contributed by atoms with Gasteiger partial charge in [-0.05, 0) is 56.7 Å². The van der Waals surface area contributed by atoms with Gasteiger partial charge >= 0.3 is 0 Å². The predicted molar refractivity (Wildman–Crippen MR) is 91.5 cm³/mol. The molecule has 4 nitrogen and oxygen atoms in total. The number of carbonyl (C=O) groups excluding carboxylic acids is 1. The van der Waals surface area contributed by atoms with Gasteiger partial charge in [0.25, 0.3) is 5.91 Å². The molecule has 0 aromatic heterocycles. The zero-order chi connectivity index (χ0) is 17.5. The van der Waals surface area contributed by atoms with E-state index in [0.717, 1.165) is 5.56 Å². The van der Waals surface area contributed by atoms with Gasteiger partial charge in [0, 0.05) is 23.2 Å². The molecule has 24 heavy (non-hydrogen) atoms. The Morgan fingerprint density at radius 1 is 1.29 bits per heavy atom. The number of nitrogen functional groups attached to an aromatic ring is 1. The van der Waals surface area contributed by atoms with Crippen LogP contribution in [0.3, 0.4) is 0 Å². The minimum Gasteiger partial charge on any atom is -0.487 e. The molecule has 1 heterocycles. The summed E-state index contributed by atoms with van der Waals surface area (Å²) >= 11 is 0. The lowest BCUT2D eigenvalue weighted by molar-refractivity contribution is 0.0620. The van der Waals surface area contributed by atoms with Crippen molar-refractivity contribution in [3.05, 3.63) is 58.9 Å². The van der Waals surface area contributed by atoms with Crippen LogP contribution in [0.15, 0.2) is 36.4 Å². The van der Waals surface area contributed by atoms with Crippen LogP contribution in [0.25, 0.3) is 0 Å². The van der Waals surface area contributed by atoms with Crippen molar-refractivity contribution in [3.63, 3.8) is 0 Å². The lowest BCUT2D eigenvalue weighted by Crippen LogP contribution is -2.41. The number of halogens is 1. The SMILES string of the molecule is Cc1ccc(C(=O)NC2CC(C)(C)Oc3ccc(N)cc32)cc1F. The Morgan fingerprint density at radius 3 is 2.75 bits per heavy atom. The summed E-state index contributed by atoms with van der Waals surface area (Å²) in [7, 11) is 0. The van der Waals surface area contributed by atoms with Gasteiger partial charge in [0.05, 0.1) is 6.04 Å². The Kier molecular flexibility index (Phi) is 3.95. The molecule has 1 aliphatic heterocycles. The molecule has 1 unspecified atom stereocenters. The fraction of sp³-hybridized carbons (Fsp3) is 0.316. The Bertz CT molecular complexity index is 802. The summed E-state index contributed by atoms with van der Waals surface area (Å²) in [6.07, 6.45) is 0.601. The second-order valence-corrected chi connectivity index (χ2v) is 6.85. The maximum Gasteiger partial charge on any atom is 0.251 e. The number of fused-ring (bicyclic) bond motifs is 1. The summed E-state index contributed by atoms with van der Waals surface area (Å²) in [5, 5.41) is 2.98. The highest BCUT2D eigenvalue weighted by molar-refractivity contribution is 5.94. The summed E-state index contributed by atoms with van der Waals surface area (Å²) < 4.78 is 19.7. The topological polar surface area (TPSA) is 64.3 Å². The maximum atomic E-state index is 13.7. The highest BCUT2D eigenvalue weighted by Crippen LogP contribution is 2.40. The zero-order valence-electron chi connectivity index (χ0n) is 14.0. The molecule has 0 spiro atoms. The summed E-state index contributed by atoms with van der Waals surface area (Å²) in [5.74, 6) is 0.00501. The van der Waals surface area contributed by atoms with Crippen LogP contribution >= 0.6 is 0 Å². The molecule has 126 valence electrons. The molecule has 0 fully saturated rings. The van der Waals surface area contributed by atoms with Gasteiger partial charge in [-0.15, -0.1) is 0 Å². The van der Waals surface area contributed by atoms with Crippen molar-refractivity contribution in [2.24, 2.45) is 0 Å². The third kappa shape index (κ3) is 3.20. The maximum absolute atomic E-state index is 13.7. The normalized spacial score (nSPS) is 18.4. The Labute approximate surface area is 140 Å². The predicted octanol–water partition coefficient (Wildman–Crippen LogP) is 3.75. The van der Waals surface area contributed by atoms with Crippen LogP contribution in [0.4, 0.5) is 10.1 Å². The molecular formula is C19H21FN2O2. The smallest absolute Gasteiger partial charge is 0.251 e. The third-order valence-electron chi connectivity index (χ3n) is 4.23. The molecule has 0 radical (unpaired) electrons. The van der Waals surface area contributed by atoms with E-state index in [1.807, 2.05) is 26.0 Å². The van der Waals surface area contributed by atoms with Crippen molar-refractivity contribution in [1.29, 1.82) is 0 Å². The van der Waals surface area contributed by atoms with Crippen LogP contribution in [0.5, 0.6) is 5.75 Å². The van der Waals surface area contributed by atoms with Crippen molar-refractivity contribution in [2.75, 3.05) is 5.73 Å². The summed E-state index contributed by atoms with van der Waals surface area (Å²) in [5.41, 5.74) is 7.72. The number of amides is 1. The molecule has 1 aliphatic rings. The van der Waals surface area contributed by atoms with Gasteiger partial charge in [0.2, 0.25) is 0 Å². The number of benzene rings is 2. The number of nitrogens with one attached hydrogen (secondary N) is 1. The molecule has 0 bridgehead atoms. The van der Waals surface area contributed by atoms with Crippen molar-refractivity contribution >= 4 is 11.6 Å². The van der Waals surface area contributed by atoms with Gasteiger partial charge in [-0.1, -0.05) is 6.07 Å². The van der Waals surface area contributed by atoms with Gasteiger partial charge < -0.3 is 15.8 Å². The van der Waals surface area contributed by atoms with E-state index in [4.69, 9.17) is 10.5 Å². The first-order valence-electron chi connectivity index (χ1n) is 7.91. The standard InChI is InChI=1S/C19H21FN2O2/c1-11-4-5-12(8-15(11)20)18(23)22-16-10-19(2,3)24-17-7-6-13(21)9-14(16)17/h4-9,16H,10,21H2,1-3H3,(H,22,23). The molecule has 3 rings (SSSR count). The Balaban J connectivity index is 1.90. The molecule has 1 atom stereocenters. The van der Waals surface area contributed by atoms with Crippen LogP contribution in [0, 0.1) is 12.7 Å². The number of nitrogens with two attached hydrogens (primary N) is 1. The average Bonchev–Trinajstić information content (AvgIpc) is 2.50. The van der Waals surface area contributed by atoms with Crippen molar-refractivity contribution in [3.8, 4) is 5.75 Å². The van der Waals surface area contributed by atoms with Crippen LogP contribution in [0.1, 0.15) is 47.8 Å². The van der Waals surface area contributed by atoms with E-state index >= 15 is 0 Å². The van der Waals surface area contributed by atoms with Gasteiger partial charge in [-0.3, -0.25) is 4.79 Å².